The van der Waals surface area contributed by atoms with Crippen molar-refractivity contribution in [3.05, 3.63) is 12.4 Å². The molecule has 0 aromatic heterocycles. The highest BCUT2D eigenvalue weighted by Crippen LogP contribution is 2.23. The SMILES string of the molecule is CCCCCCCCCCN1C=CN(CCCCCC)C1CCCCCCC. The van der Waals surface area contributed by atoms with Gasteiger partial charge in [-0.2, -0.15) is 0 Å². The summed E-state index contributed by atoms with van der Waals surface area (Å²) in [4.78, 5) is 5.32. The van der Waals surface area contributed by atoms with Crippen molar-refractivity contribution in [2.45, 2.75) is 143 Å². The summed E-state index contributed by atoms with van der Waals surface area (Å²) in [5, 5.41) is 0. The largest absolute Gasteiger partial charge is 0.356 e. The molecular weight excluding hydrogens is 340 g/mol. The fraction of sp³-hybridized carbons (Fsp3) is 0.923. The van der Waals surface area contributed by atoms with Gasteiger partial charge in [0.2, 0.25) is 0 Å². The predicted molar refractivity (Wildman–Crippen MR) is 126 cm³/mol. The lowest BCUT2D eigenvalue weighted by Gasteiger charge is -2.33. The van der Waals surface area contributed by atoms with Crippen LogP contribution in [0.5, 0.6) is 0 Å². The third-order valence-corrected chi connectivity index (χ3v) is 6.32. The third kappa shape index (κ3) is 12.0. The van der Waals surface area contributed by atoms with Crippen LogP contribution in [0.4, 0.5) is 0 Å². The lowest BCUT2D eigenvalue weighted by Crippen LogP contribution is -2.39. The van der Waals surface area contributed by atoms with Crippen molar-refractivity contribution in [2.24, 2.45) is 0 Å². The first kappa shape index (κ1) is 25.4. The van der Waals surface area contributed by atoms with Crippen molar-refractivity contribution in [3.63, 3.8) is 0 Å². The molecule has 0 N–H and O–H groups in total. The zero-order valence-electron chi connectivity index (χ0n) is 19.8. The minimum Gasteiger partial charge on any atom is -0.356 e. The van der Waals surface area contributed by atoms with Gasteiger partial charge in [-0.3, -0.25) is 0 Å². The summed E-state index contributed by atoms with van der Waals surface area (Å²) >= 11 is 0. The number of hydrogen-bond donors (Lipinski definition) is 0. The molecule has 1 atom stereocenters. The van der Waals surface area contributed by atoms with Gasteiger partial charge < -0.3 is 9.80 Å². The normalized spacial score (nSPS) is 16.5. The van der Waals surface area contributed by atoms with Crippen LogP contribution in [0.3, 0.4) is 0 Å². The maximum atomic E-state index is 2.66. The Bertz CT molecular complexity index is 352. The van der Waals surface area contributed by atoms with E-state index >= 15 is 0 Å². The van der Waals surface area contributed by atoms with Crippen LogP contribution in [-0.2, 0) is 0 Å². The molecule has 1 heterocycles. The minimum absolute atomic E-state index is 0.646. The molecule has 1 aliphatic heterocycles. The van der Waals surface area contributed by atoms with Crippen LogP contribution in [0.15, 0.2) is 12.4 Å². The lowest BCUT2D eigenvalue weighted by atomic mass is 10.1. The molecule has 0 bridgehead atoms. The molecular formula is C26H52N2. The topological polar surface area (TPSA) is 6.48 Å². The van der Waals surface area contributed by atoms with Gasteiger partial charge in [0.25, 0.3) is 0 Å². The van der Waals surface area contributed by atoms with Crippen LogP contribution in [0.1, 0.15) is 136 Å². The van der Waals surface area contributed by atoms with Crippen molar-refractivity contribution in [3.8, 4) is 0 Å². The molecule has 0 saturated heterocycles. The van der Waals surface area contributed by atoms with Gasteiger partial charge in [-0.25, -0.2) is 0 Å². The summed E-state index contributed by atoms with van der Waals surface area (Å²) in [6, 6.07) is 0. The first-order valence-corrected chi connectivity index (χ1v) is 13.0. The molecule has 0 aliphatic carbocycles. The average molecular weight is 393 g/mol. The second kappa shape index (κ2) is 18.4. The Morgan fingerprint density at radius 3 is 1.29 bits per heavy atom. The number of rotatable bonds is 20. The molecule has 166 valence electrons. The molecule has 1 aliphatic rings. The highest BCUT2D eigenvalue weighted by molar-refractivity contribution is 4.96. The smallest absolute Gasteiger partial charge is 0.101 e. The molecule has 0 saturated carbocycles. The lowest BCUT2D eigenvalue weighted by molar-refractivity contribution is 0.135. The first-order valence-electron chi connectivity index (χ1n) is 13.0. The zero-order chi connectivity index (χ0) is 20.3. The van der Waals surface area contributed by atoms with E-state index in [-0.39, 0.29) is 0 Å². The molecule has 0 radical (unpaired) electrons. The van der Waals surface area contributed by atoms with Crippen LogP contribution in [0.2, 0.25) is 0 Å². The summed E-state index contributed by atoms with van der Waals surface area (Å²) in [5.74, 6) is 0. The van der Waals surface area contributed by atoms with Crippen LogP contribution in [0.25, 0.3) is 0 Å². The molecule has 1 rings (SSSR count). The summed E-state index contributed by atoms with van der Waals surface area (Å²) < 4.78 is 0. The van der Waals surface area contributed by atoms with Crippen molar-refractivity contribution < 1.29 is 0 Å². The van der Waals surface area contributed by atoms with Crippen LogP contribution in [-0.4, -0.2) is 29.1 Å². The van der Waals surface area contributed by atoms with Crippen LogP contribution >= 0.6 is 0 Å². The quantitative estimate of drug-likeness (QED) is 0.192. The van der Waals surface area contributed by atoms with E-state index in [1.54, 1.807) is 0 Å². The summed E-state index contributed by atoms with van der Waals surface area (Å²) in [7, 11) is 0. The molecule has 0 spiro atoms. The molecule has 1 unspecified atom stereocenters. The average Bonchev–Trinajstić information content (AvgIpc) is 3.09. The summed E-state index contributed by atoms with van der Waals surface area (Å²) in [6.45, 7) is 9.43. The number of hydrogen-bond acceptors (Lipinski definition) is 2. The second-order valence-corrected chi connectivity index (χ2v) is 8.99. The number of unbranched alkanes of at least 4 members (excludes halogenated alkanes) is 14. The Morgan fingerprint density at radius 1 is 0.464 bits per heavy atom. The number of nitrogens with zero attached hydrogens (tertiary/aromatic N) is 2. The monoisotopic (exact) mass is 392 g/mol. The highest BCUT2D eigenvalue weighted by Gasteiger charge is 2.24. The highest BCUT2D eigenvalue weighted by atomic mass is 15.4. The molecule has 2 heteroatoms. The van der Waals surface area contributed by atoms with E-state index in [0.29, 0.717) is 6.17 Å². The van der Waals surface area contributed by atoms with E-state index in [1.165, 1.54) is 129 Å². The molecule has 0 amide bonds. The van der Waals surface area contributed by atoms with Gasteiger partial charge in [0.15, 0.2) is 0 Å². The van der Waals surface area contributed by atoms with Gasteiger partial charge >= 0.3 is 0 Å². The van der Waals surface area contributed by atoms with E-state index in [2.05, 4.69) is 43.0 Å². The Morgan fingerprint density at radius 2 is 0.821 bits per heavy atom. The van der Waals surface area contributed by atoms with Gasteiger partial charge in [0.1, 0.15) is 6.17 Å². The Kier molecular flexibility index (Phi) is 16.7. The molecule has 2 nitrogen and oxygen atoms in total. The fourth-order valence-electron chi connectivity index (χ4n) is 4.42. The Labute approximate surface area is 178 Å². The van der Waals surface area contributed by atoms with Crippen molar-refractivity contribution in [1.29, 1.82) is 0 Å². The Hall–Kier alpha value is -0.660. The molecule has 0 aromatic rings. The van der Waals surface area contributed by atoms with Gasteiger partial charge in [-0.15, -0.1) is 0 Å². The maximum absolute atomic E-state index is 2.66. The van der Waals surface area contributed by atoms with Crippen LogP contribution in [0, 0.1) is 0 Å². The third-order valence-electron chi connectivity index (χ3n) is 6.32. The van der Waals surface area contributed by atoms with Gasteiger partial charge in [-0.1, -0.05) is 111 Å². The van der Waals surface area contributed by atoms with Crippen molar-refractivity contribution in [1.82, 2.24) is 9.80 Å². The molecule has 28 heavy (non-hydrogen) atoms. The van der Waals surface area contributed by atoms with Gasteiger partial charge in [0, 0.05) is 25.5 Å². The fourth-order valence-corrected chi connectivity index (χ4v) is 4.42. The second-order valence-electron chi connectivity index (χ2n) is 8.99. The van der Waals surface area contributed by atoms with Gasteiger partial charge in [0.05, 0.1) is 0 Å². The predicted octanol–water partition coefficient (Wildman–Crippen LogP) is 8.48. The Balaban J connectivity index is 2.27. The summed E-state index contributed by atoms with van der Waals surface area (Å²) in [6.07, 6.45) is 30.6. The van der Waals surface area contributed by atoms with E-state index in [0.717, 1.165) is 0 Å². The maximum Gasteiger partial charge on any atom is 0.101 e. The van der Waals surface area contributed by atoms with Crippen LogP contribution < -0.4 is 0 Å². The van der Waals surface area contributed by atoms with E-state index < -0.39 is 0 Å². The van der Waals surface area contributed by atoms with Gasteiger partial charge in [-0.05, 0) is 25.7 Å². The molecule has 0 fully saturated rings. The molecule has 0 aromatic carbocycles. The standard InChI is InChI=1S/C26H52N2/c1-4-7-10-13-14-15-17-20-23-28-25-24-27(22-19-12-9-6-3)26(28)21-18-16-11-8-5-2/h24-26H,4-23H2,1-3H3. The minimum atomic E-state index is 0.646. The van der Waals surface area contributed by atoms with Crippen molar-refractivity contribution in [2.75, 3.05) is 13.1 Å². The first-order chi connectivity index (χ1) is 13.8. The van der Waals surface area contributed by atoms with E-state index in [1.807, 2.05) is 0 Å². The van der Waals surface area contributed by atoms with E-state index in [4.69, 9.17) is 0 Å². The van der Waals surface area contributed by atoms with Crippen molar-refractivity contribution >= 4 is 0 Å². The van der Waals surface area contributed by atoms with E-state index in [9.17, 15) is 0 Å². The summed E-state index contributed by atoms with van der Waals surface area (Å²) in [5.41, 5.74) is 0. The zero-order valence-corrected chi connectivity index (χ0v) is 19.8.